The minimum atomic E-state index is -0.751. The van der Waals surface area contributed by atoms with Crippen molar-refractivity contribution in [2.24, 2.45) is 0 Å². The van der Waals surface area contributed by atoms with E-state index in [9.17, 15) is 9.59 Å². The first-order valence-electron chi connectivity index (χ1n) is 8.13. The Morgan fingerprint density at radius 1 is 0.929 bits per heavy atom. The normalized spacial score (nSPS) is 10.2. The summed E-state index contributed by atoms with van der Waals surface area (Å²) >= 11 is 12.0. The summed E-state index contributed by atoms with van der Waals surface area (Å²) < 4.78 is 10.7. The Balaban J connectivity index is 1.64. The van der Waals surface area contributed by atoms with Gasteiger partial charge in [0.15, 0.2) is 6.61 Å². The van der Waals surface area contributed by atoms with Crippen LogP contribution in [0.3, 0.4) is 0 Å². The number of halogens is 2. The molecule has 1 N–H and O–H groups in total. The highest BCUT2D eigenvalue weighted by Crippen LogP contribution is 2.29. The lowest BCUT2D eigenvalue weighted by Crippen LogP contribution is -2.21. The molecule has 0 spiro atoms. The maximum atomic E-state index is 12.4. The van der Waals surface area contributed by atoms with E-state index in [0.29, 0.717) is 5.75 Å². The predicted octanol–water partition coefficient (Wildman–Crippen LogP) is 4.98. The number of amides is 1. The summed E-state index contributed by atoms with van der Waals surface area (Å²) in [5.41, 5.74) is 0.344. The molecule has 0 aliphatic rings. The van der Waals surface area contributed by atoms with Crippen LogP contribution in [0.4, 0.5) is 5.69 Å². The summed E-state index contributed by atoms with van der Waals surface area (Å²) in [5.74, 6) is -0.744. The first kappa shape index (κ1) is 19.7. The molecular formula is C20H14Cl2N2O4. The van der Waals surface area contributed by atoms with Gasteiger partial charge in [-0.1, -0.05) is 47.5 Å². The van der Waals surface area contributed by atoms with Crippen molar-refractivity contribution in [3.05, 3.63) is 82.5 Å². The molecule has 0 aliphatic heterocycles. The van der Waals surface area contributed by atoms with Gasteiger partial charge in [0.1, 0.15) is 11.3 Å². The number of rotatable bonds is 6. The van der Waals surface area contributed by atoms with Gasteiger partial charge in [-0.3, -0.25) is 4.79 Å². The maximum Gasteiger partial charge on any atom is 0.344 e. The number of benzene rings is 2. The van der Waals surface area contributed by atoms with Gasteiger partial charge in [-0.2, -0.15) is 0 Å². The van der Waals surface area contributed by atoms with E-state index in [-0.39, 0.29) is 27.2 Å². The van der Waals surface area contributed by atoms with Gasteiger partial charge in [0, 0.05) is 6.20 Å². The molecule has 0 saturated heterocycles. The summed E-state index contributed by atoms with van der Waals surface area (Å²) in [7, 11) is 0. The molecule has 142 valence electrons. The number of carbonyl (C=O) groups excluding carboxylic acids is 2. The number of aromatic nitrogens is 1. The topological polar surface area (TPSA) is 77.5 Å². The van der Waals surface area contributed by atoms with Crippen LogP contribution in [-0.2, 0) is 9.53 Å². The number of esters is 1. The van der Waals surface area contributed by atoms with E-state index in [0.717, 1.165) is 0 Å². The van der Waals surface area contributed by atoms with Crippen LogP contribution in [0.1, 0.15) is 10.4 Å². The summed E-state index contributed by atoms with van der Waals surface area (Å²) in [6.45, 7) is -0.528. The van der Waals surface area contributed by atoms with Gasteiger partial charge >= 0.3 is 5.97 Å². The molecule has 0 unspecified atom stereocenters. The Hall–Kier alpha value is -3.09. The number of pyridine rings is 1. The van der Waals surface area contributed by atoms with Crippen LogP contribution < -0.4 is 10.1 Å². The number of hydrogen-bond donors (Lipinski definition) is 1. The molecular weight excluding hydrogens is 403 g/mol. The number of para-hydroxylation sites is 2. The molecule has 0 radical (unpaired) electrons. The number of anilines is 1. The van der Waals surface area contributed by atoms with Crippen LogP contribution in [0, 0.1) is 0 Å². The first-order valence-corrected chi connectivity index (χ1v) is 8.89. The molecule has 0 aliphatic carbocycles. The molecule has 1 heterocycles. The lowest BCUT2D eigenvalue weighted by atomic mass is 10.2. The van der Waals surface area contributed by atoms with Crippen LogP contribution in [-0.4, -0.2) is 23.5 Å². The predicted molar refractivity (Wildman–Crippen MR) is 106 cm³/mol. The van der Waals surface area contributed by atoms with E-state index < -0.39 is 18.5 Å². The summed E-state index contributed by atoms with van der Waals surface area (Å²) in [4.78, 5) is 28.5. The second-order valence-corrected chi connectivity index (χ2v) is 6.31. The van der Waals surface area contributed by atoms with E-state index >= 15 is 0 Å². The van der Waals surface area contributed by atoms with Crippen LogP contribution >= 0.6 is 23.2 Å². The Bertz CT molecular complexity index is 976. The average Bonchev–Trinajstić information content (AvgIpc) is 2.70. The molecule has 1 aromatic heterocycles. The molecule has 0 fully saturated rings. The number of ether oxygens (including phenoxy) is 2. The lowest BCUT2D eigenvalue weighted by Gasteiger charge is -2.11. The third-order valence-corrected chi connectivity index (χ3v) is 4.14. The van der Waals surface area contributed by atoms with Crippen LogP contribution in [0.5, 0.6) is 11.6 Å². The SMILES string of the molecule is O=C(COC(=O)c1cccnc1Oc1ccccc1)Nc1c(Cl)cccc1Cl. The quantitative estimate of drug-likeness (QED) is 0.573. The summed E-state index contributed by atoms with van der Waals surface area (Å²) in [5, 5.41) is 3.06. The standard InChI is InChI=1S/C20H14Cl2N2O4/c21-15-9-4-10-16(22)18(15)24-17(25)12-27-20(26)14-8-5-11-23-19(14)28-13-6-2-1-3-7-13/h1-11H,12H2,(H,24,25). The van der Waals surface area contributed by atoms with Crippen molar-refractivity contribution in [3.8, 4) is 11.6 Å². The van der Waals surface area contributed by atoms with Crippen molar-refractivity contribution in [3.63, 3.8) is 0 Å². The molecule has 3 aromatic rings. The molecule has 0 saturated carbocycles. The maximum absolute atomic E-state index is 12.4. The molecule has 28 heavy (non-hydrogen) atoms. The Kier molecular flexibility index (Phi) is 6.47. The minimum absolute atomic E-state index is 0.0771. The van der Waals surface area contributed by atoms with Crippen LogP contribution in [0.2, 0.25) is 10.0 Å². The Morgan fingerprint density at radius 3 is 2.36 bits per heavy atom. The fraction of sp³-hybridized carbons (Fsp3) is 0.0500. The highest BCUT2D eigenvalue weighted by Gasteiger charge is 2.18. The third kappa shape index (κ3) is 5.00. The Labute approximate surface area is 171 Å². The zero-order valence-electron chi connectivity index (χ0n) is 14.4. The van der Waals surface area contributed by atoms with E-state index in [1.54, 1.807) is 48.5 Å². The van der Waals surface area contributed by atoms with Gasteiger partial charge < -0.3 is 14.8 Å². The van der Waals surface area contributed by atoms with Gasteiger partial charge in [0.2, 0.25) is 5.88 Å². The van der Waals surface area contributed by atoms with Gasteiger partial charge in [-0.25, -0.2) is 9.78 Å². The summed E-state index contributed by atoms with van der Waals surface area (Å²) in [6, 6.07) is 16.8. The van der Waals surface area contributed by atoms with Crippen molar-refractivity contribution in [2.45, 2.75) is 0 Å². The van der Waals surface area contributed by atoms with Gasteiger partial charge in [-0.05, 0) is 36.4 Å². The van der Waals surface area contributed by atoms with Crippen molar-refractivity contribution >= 4 is 40.8 Å². The average molecular weight is 417 g/mol. The molecule has 6 nitrogen and oxygen atoms in total. The fourth-order valence-electron chi connectivity index (χ4n) is 2.23. The largest absolute Gasteiger partial charge is 0.452 e. The lowest BCUT2D eigenvalue weighted by molar-refractivity contribution is -0.119. The fourth-order valence-corrected chi connectivity index (χ4v) is 2.72. The molecule has 1 amide bonds. The zero-order chi connectivity index (χ0) is 19.9. The van der Waals surface area contributed by atoms with Crippen molar-refractivity contribution in [2.75, 3.05) is 11.9 Å². The smallest absolute Gasteiger partial charge is 0.344 e. The van der Waals surface area contributed by atoms with Gasteiger partial charge in [0.05, 0.1) is 15.7 Å². The van der Waals surface area contributed by atoms with Crippen molar-refractivity contribution in [1.82, 2.24) is 4.98 Å². The molecule has 8 heteroatoms. The summed E-state index contributed by atoms with van der Waals surface area (Å²) in [6.07, 6.45) is 1.49. The van der Waals surface area contributed by atoms with Crippen molar-refractivity contribution < 1.29 is 19.1 Å². The highest BCUT2D eigenvalue weighted by atomic mass is 35.5. The molecule has 2 aromatic carbocycles. The van der Waals surface area contributed by atoms with Crippen LogP contribution in [0.15, 0.2) is 66.9 Å². The highest BCUT2D eigenvalue weighted by molar-refractivity contribution is 6.39. The monoisotopic (exact) mass is 416 g/mol. The molecule has 0 atom stereocenters. The second-order valence-electron chi connectivity index (χ2n) is 5.49. The minimum Gasteiger partial charge on any atom is -0.452 e. The van der Waals surface area contributed by atoms with E-state index in [4.69, 9.17) is 32.7 Å². The Morgan fingerprint density at radius 2 is 1.64 bits per heavy atom. The second kappa shape index (κ2) is 9.21. The third-order valence-electron chi connectivity index (χ3n) is 3.51. The van der Waals surface area contributed by atoms with Gasteiger partial charge in [0.25, 0.3) is 5.91 Å². The van der Waals surface area contributed by atoms with E-state index in [1.165, 1.54) is 12.3 Å². The number of carbonyl (C=O) groups is 2. The first-order chi connectivity index (χ1) is 13.5. The number of nitrogens with zero attached hydrogens (tertiary/aromatic N) is 1. The van der Waals surface area contributed by atoms with E-state index in [1.807, 2.05) is 6.07 Å². The number of nitrogens with one attached hydrogen (secondary N) is 1. The van der Waals surface area contributed by atoms with Crippen molar-refractivity contribution in [1.29, 1.82) is 0 Å². The van der Waals surface area contributed by atoms with E-state index in [2.05, 4.69) is 10.3 Å². The molecule has 0 bridgehead atoms. The van der Waals surface area contributed by atoms with Gasteiger partial charge in [-0.15, -0.1) is 0 Å². The molecule has 3 rings (SSSR count). The number of hydrogen-bond acceptors (Lipinski definition) is 5. The zero-order valence-corrected chi connectivity index (χ0v) is 15.9. The van der Waals surface area contributed by atoms with Crippen LogP contribution in [0.25, 0.3) is 0 Å².